The fourth-order valence-electron chi connectivity index (χ4n) is 2.76. The molecule has 1 aliphatic carbocycles. The predicted octanol–water partition coefficient (Wildman–Crippen LogP) is 4.26. The van der Waals surface area contributed by atoms with E-state index in [2.05, 4.69) is 16.7 Å². The lowest BCUT2D eigenvalue weighted by Gasteiger charge is -2.17. The van der Waals surface area contributed by atoms with Crippen molar-refractivity contribution in [3.63, 3.8) is 0 Å². The van der Waals surface area contributed by atoms with Gasteiger partial charge in [0.05, 0.1) is 16.5 Å². The molecule has 0 unspecified atom stereocenters. The third-order valence-corrected chi connectivity index (χ3v) is 4.85. The molecule has 2 rings (SSSR count). The number of amides is 1. The van der Waals surface area contributed by atoms with E-state index in [1.165, 1.54) is 24.5 Å². The largest absolute Gasteiger partial charge is 0.480 e. The Hall–Kier alpha value is -1.56. The van der Waals surface area contributed by atoms with Gasteiger partial charge in [0.25, 0.3) is 0 Å². The first-order valence-electron chi connectivity index (χ1n) is 8.34. The quantitative estimate of drug-likeness (QED) is 0.585. The zero-order valence-electron chi connectivity index (χ0n) is 13.9. The van der Waals surface area contributed by atoms with Gasteiger partial charge in [-0.3, -0.25) is 9.59 Å². The van der Waals surface area contributed by atoms with Crippen molar-refractivity contribution < 1.29 is 14.7 Å². The van der Waals surface area contributed by atoms with Crippen molar-refractivity contribution in [2.45, 2.75) is 44.6 Å². The second-order valence-electron chi connectivity index (χ2n) is 6.08. The summed E-state index contributed by atoms with van der Waals surface area (Å²) in [6, 6.07) is 3.79. The van der Waals surface area contributed by atoms with Crippen LogP contribution in [0.2, 0.25) is 10.0 Å². The molecule has 3 N–H and O–H groups in total. The molecule has 136 valence electrons. The highest BCUT2D eigenvalue weighted by molar-refractivity contribution is 6.42. The van der Waals surface area contributed by atoms with Crippen LogP contribution in [0.5, 0.6) is 0 Å². The lowest BCUT2D eigenvalue weighted by Crippen LogP contribution is -2.40. The van der Waals surface area contributed by atoms with Crippen molar-refractivity contribution in [1.82, 2.24) is 5.32 Å². The van der Waals surface area contributed by atoms with Gasteiger partial charge in [0, 0.05) is 5.69 Å². The number of benzene rings is 1. The molecular weight excluding hydrogens is 363 g/mol. The fraction of sp³-hybridized carbons (Fsp3) is 0.444. The highest BCUT2D eigenvalue weighted by Crippen LogP contribution is 2.25. The number of nitrogens with one attached hydrogen (secondary N) is 2. The molecule has 1 aromatic carbocycles. The molecule has 0 fully saturated rings. The van der Waals surface area contributed by atoms with Gasteiger partial charge in [-0.05, 0) is 56.8 Å². The first kappa shape index (κ1) is 19.8. The van der Waals surface area contributed by atoms with Crippen molar-refractivity contribution >= 4 is 40.8 Å². The Morgan fingerprint density at radius 1 is 1.20 bits per heavy atom. The Morgan fingerprint density at radius 2 is 2.00 bits per heavy atom. The third-order valence-electron chi connectivity index (χ3n) is 4.11. The van der Waals surface area contributed by atoms with E-state index in [1.54, 1.807) is 12.1 Å². The van der Waals surface area contributed by atoms with Crippen LogP contribution in [0.1, 0.15) is 38.5 Å². The predicted molar refractivity (Wildman–Crippen MR) is 100 cm³/mol. The third kappa shape index (κ3) is 6.69. The normalized spacial score (nSPS) is 15.4. The highest BCUT2D eigenvalue weighted by Gasteiger charge is 2.21. The van der Waals surface area contributed by atoms with Crippen LogP contribution in [0.3, 0.4) is 0 Å². The van der Waals surface area contributed by atoms with Gasteiger partial charge in [0.15, 0.2) is 0 Å². The zero-order chi connectivity index (χ0) is 18.2. The van der Waals surface area contributed by atoms with Gasteiger partial charge in [-0.2, -0.15) is 0 Å². The number of carboxylic acids is 1. The van der Waals surface area contributed by atoms with E-state index in [0.717, 1.165) is 19.3 Å². The highest BCUT2D eigenvalue weighted by atomic mass is 35.5. The summed E-state index contributed by atoms with van der Waals surface area (Å²) < 4.78 is 0. The summed E-state index contributed by atoms with van der Waals surface area (Å²) in [4.78, 5) is 23.5. The topological polar surface area (TPSA) is 78.4 Å². The van der Waals surface area contributed by atoms with E-state index in [9.17, 15) is 14.7 Å². The summed E-state index contributed by atoms with van der Waals surface area (Å²) in [5.41, 5.74) is 1.85. The van der Waals surface area contributed by atoms with Crippen molar-refractivity contribution in [3.05, 3.63) is 39.9 Å². The number of carbonyl (C=O) groups excluding carboxylic acids is 1. The number of rotatable bonds is 8. The number of carboxylic acid groups (broad SMARTS) is 1. The molecule has 0 heterocycles. The average molecular weight is 385 g/mol. The van der Waals surface area contributed by atoms with Crippen LogP contribution in [0.25, 0.3) is 0 Å². The van der Waals surface area contributed by atoms with Gasteiger partial charge in [0.2, 0.25) is 5.91 Å². The molecule has 1 aromatic rings. The van der Waals surface area contributed by atoms with Gasteiger partial charge < -0.3 is 15.7 Å². The van der Waals surface area contributed by atoms with Gasteiger partial charge in [0.1, 0.15) is 6.04 Å². The van der Waals surface area contributed by atoms with E-state index in [1.807, 2.05) is 0 Å². The molecular formula is C18H22Cl2N2O3. The number of halogens is 2. The van der Waals surface area contributed by atoms with E-state index in [4.69, 9.17) is 23.2 Å². The van der Waals surface area contributed by atoms with Gasteiger partial charge in [-0.15, -0.1) is 0 Å². The average Bonchev–Trinajstić information content (AvgIpc) is 2.58. The Kier molecular flexibility index (Phi) is 7.75. The standard InChI is InChI=1S/C18H22Cl2N2O3/c19-14-7-6-13(10-15(14)20)22-17(23)11-16(18(24)25)21-9-8-12-4-2-1-3-5-12/h4,6-7,10,16,21H,1-3,5,8-9,11H2,(H,22,23)(H,24,25)/t16-/m1/s1. The molecule has 0 saturated carbocycles. The second kappa shape index (κ2) is 9.80. The summed E-state index contributed by atoms with van der Waals surface area (Å²) in [5.74, 6) is -1.43. The van der Waals surface area contributed by atoms with Crippen molar-refractivity contribution in [1.29, 1.82) is 0 Å². The lowest BCUT2D eigenvalue weighted by atomic mass is 9.97. The molecule has 0 spiro atoms. The molecule has 7 heteroatoms. The van der Waals surface area contributed by atoms with Gasteiger partial charge in [-0.1, -0.05) is 34.9 Å². The molecule has 25 heavy (non-hydrogen) atoms. The van der Waals surface area contributed by atoms with E-state index in [0.29, 0.717) is 22.3 Å². The number of carbonyl (C=O) groups is 2. The fourth-order valence-corrected chi connectivity index (χ4v) is 3.05. The van der Waals surface area contributed by atoms with Crippen molar-refractivity contribution in [3.8, 4) is 0 Å². The molecule has 0 saturated heterocycles. The minimum absolute atomic E-state index is 0.158. The number of aliphatic carboxylic acids is 1. The van der Waals surface area contributed by atoms with E-state index in [-0.39, 0.29) is 6.42 Å². The van der Waals surface area contributed by atoms with Crippen LogP contribution < -0.4 is 10.6 Å². The monoisotopic (exact) mass is 384 g/mol. The second-order valence-corrected chi connectivity index (χ2v) is 6.90. The van der Waals surface area contributed by atoms with Gasteiger partial charge >= 0.3 is 5.97 Å². The Labute approximate surface area is 157 Å². The molecule has 0 aromatic heterocycles. The number of hydrogen-bond donors (Lipinski definition) is 3. The SMILES string of the molecule is O=C(C[C@@H](NCCC1=CCCCC1)C(=O)O)Nc1ccc(Cl)c(Cl)c1. The number of anilines is 1. The number of hydrogen-bond acceptors (Lipinski definition) is 3. The van der Waals surface area contributed by atoms with Gasteiger partial charge in [-0.25, -0.2) is 0 Å². The van der Waals surface area contributed by atoms with Crippen molar-refractivity contribution in [2.75, 3.05) is 11.9 Å². The smallest absolute Gasteiger partial charge is 0.321 e. The summed E-state index contributed by atoms with van der Waals surface area (Å²) in [6.45, 7) is 0.544. The van der Waals surface area contributed by atoms with Crippen LogP contribution in [0.15, 0.2) is 29.8 Å². The van der Waals surface area contributed by atoms with Crippen molar-refractivity contribution in [2.24, 2.45) is 0 Å². The maximum atomic E-state index is 12.1. The molecule has 1 aliphatic rings. The van der Waals surface area contributed by atoms with Crippen LogP contribution in [0.4, 0.5) is 5.69 Å². The summed E-state index contributed by atoms with van der Waals surface area (Å²) in [7, 11) is 0. The maximum Gasteiger partial charge on any atom is 0.321 e. The maximum absolute atomic E-state index is 12.1. The molecule has 1 atom stereocenters. The van der Waals surface area contributed by atoms with Crippen LogP contribution in [-0.4, -0.2) is 29.6 Å². The first-order chi connectivity index (χ1) is 12.0. The molecule has 1 amide bonds. The molecule has 5 nitrogen and oxygen atoms in total. The Bertz CT molecular complexity index is 662. The molecule has 0 bridgehead atoms. The summed E-state index contributed by atoms with van der Waals surface area (Å²) >= 11 is 11.7. The van der Waals surface area contributed by atoms with Crippen LogP contribution >= 0.6 is 23.2 Å². The minimum Gasteiger partial charge on any atom is -0.480 e. The minimum atomic E-state index is -1.04. The van der Waals surface area contributed by atoms with Crippen LogP contribution in [-0.2, 0) is 9.59 Å². The number of allylic oxidation sites excluding steroid dienone is 1. The summed E-state index contributed by atoms with van der Waals surface area (Å²) in [6.07, 6.45) is 7.50. The molecule has 0 aliphatic heterocycles. The van der Waals surface area contributed by atoms with E-state index < -0.39 is 17.9 Å². The Balaban J connectivity index is 1.82. The van der Waals surface area contributed by atoms with E-state index >= 15 is 0 Å². The lowest BCUT2D eigenvalue weighted by molar-refractivity contribution is -0.141. The van der Waals surface area contributed by atoms with Crippen LogP contribution in [0, 0.1) is 0 Å². The summed E-state index contributed by atoms with van der Waals surface area (Å²) in [5, 5.41) is 15.6. The molecule has 0 radical (unpaired) electrons. The Morgan fingerprint density at radius 3 is 2.64 bits per heavy atom. The zero-order valence-corrected chi connectivity index (χ0v) is 15.4. The first-order valence-corrected chi connectivity index (χ1v) is 9.10.